The fourth-order valence-electron chi connectivity index (χ4n) is 5.21. The van der Waals surface area contributed by atoms with Gasteiger partial charge in [0.05, 0.1) is 18.4 Å². The molecule has 1 aliphatic rings. The van der Waals surface area contributed by atoms with E-state index in [0.29, 0.717) is 17.1 Å². The van der Waals surface area contributed by atoms with Crippen molar-refractivity contribution in [2.24, 2.45) is 5.10 Å². The summed E-state index contributed by atoms with van der Waals surface area (Å²) in [5, 5.41) is 6.93. The molecule has 0 unspecified atom stereocenters. The molecule has 0 aliphatic carbocycles. The Balaban J connectivity index is 1.13. The Hall–Kier alpha value is -4.68. The maximum atomic E-state index is 13.1. The third-order valence-electron chi connectivity index (χ3n) is 7.13. The highest BCUT2D eigenvalue weighted by atomic mass is 35.5. The largest absolute Gasteiger partial charge is 0.318 e. The molecule has 1 aromatic heterocycles. The Morgan fingerprint density at radius 1 is 0.949 bits per heavy atom. The summed E-state index contributed by atoms with van der Waals surface area (Å²) in [5.41, 5.74) is 9.65. The number of halogens is 1. The number of aromatic nitrogens is 1. The normalized spacial score (nSPS) is 12.6. The highest BCUT2D eigenvalue weighted by Gasteiger charge is 2.29. The molecule has 2 heterocycles. The standard InChI is InChI=1S/C32H25ClN4O2/c1-20-17-25(21(2)37(20)27-15-13-26(33)14-16-27)18-34-35-31(38)24-11-9-22(10-12-24)19-36-29-8-4-6-23-5-3-7-28(30(23)29)32(36)39/h3-18H,19H2,1-2H3,(H,35,38). The van der Waals surface area contributed by atoms with Crippen molar-refractivity contribution in [1.29, 1.82) is 0 Å². The van der Waals surface area contributed by atoms with Crippen LogP contribution in [0.2, 0.25) is 5.02 Å². The first-order valence-electron chi connectivity index (χ1n) is 12.6. The van der Waals surface area contributed by atoms with Crippen LogP contribution in [0, 0.1) is 13.8 Å². The lowest BCUT2D eigenvalue weighted by atomic mass is 10.1. The second kappa shape index (κ2) is 9.89. The Bertz CT molecular complexity index is 1760. The van der Waals surface area contributed by atoms with Crippen molar-refractivity contribution in [3.63, 3.8) is 0 Å². The monoisotopic (exact) mass is 532 g/mol. The SMILES string of the molecule is Cc1cc(C=NNC(=O)c2ccc(CN3C(=O)c4cccc5cccc3c45)cc2)c(C)n1-c1ccc(Cl)cc1. The molecule has 6 nitrogen and oxygen atoms in total. The van der Waals surface area contributed by atoms with Crippen LogP contribution in [0.1, 0.15) is 43.2 Å². The molecular weight excluding hydrogens is 508 g/mol. The van der Waals surface area contributed by atoms with Gasteiger partial charge in [-0.3, -0.25) is 9.59 Å². The van der Waals surface area contributed by atoms with Crippen molar-refractivity contribution < 1.29 is 9.59 Å². The number of nitrogens with one attached hydrogen (secondary N) is 1. The van der Waals surface area contributed by atoms with E-state index in [1.807, 2.05) is 92.7 Å². The third kappa shape index (κ3) is 4.49. The molecule has 6 rings (SSSR count). The molecule has 0 radical (unpaired) electrons. The van der Waals surface area contributed by atoms with E-state index in [0.717, 1.165) is 50.2 Å². The quantitative estimate of drug-likeness (QED) is 0.192. The summed E-state index contributed by atoms with van der Waals surface area (Å²) < 4.78 is 2.11. The molecule has 192 valence electrons. The topological polar surface area (TPSA) is 66.7 Å². The van der Waals surface area contributed by atoms with Crippen LogP contribution in [0.15, 0.2) is 96.1 Å². The van der Waals surface area contributed by atoms with Crippen molar-refractivity contribution in [2.75, 3.05) is 4.90 Å². The van der Waals surface area contributed by atoms with Crippen LogP contribution in [0.4, 0.5) is 5.69 Å². The number of anilines is 1. The van der Waals surface area contributed by atoms with E-state index in [9.17, 15) is 9.59 Å². The van der Waals surface area contributed by atoms with Crippen LogP contribution in [-0.4, -0.2) is 22.6 Å². The highest BCUT2D eigenvalue weighted by Crippen LogP contribution is 2.38. The van der Waals surface area contributed by atoms with Crippen LogP contribution in [-0.2, 0) is 6.54 Å². The van der Waals surface area contributed by atoms with Gasteiger partial charge in [-0.25, -0.2) is 5.43 Å². The molecule has 1 aliphatic heterocycles. The minimum Gasteiger partial charge on any atom is -0.318 e. The van der Waals surface area contributed by atoms with E-state index in [2.05, 4.69) is 15.1 Å². The molecule has 7 heteroatoms. The Kier molecular flexibility index (Phi) is 6.25. The lowest BCUT2D eigenvalue weighted by molar-refractivity contribution is 0.0953. The van der Waals surface area contributed by atoms with Gasteiger partial charge in [0.1, 0.15) is 0 Å². The fraction of sp³-hybridized carbons (Fsp3) is 0.0938. The van der Waals surface area contributed by atoms with Gasteiger partial charge >= 0.3 is 0 Å². The number of hydrogen-bond donors (Lipinski definition) is 1. The summed E-state index contributed by atoms with van der Waals surface area (Å²) in [6, 6.07) is 28.7. The zero-order valence-corrected chi connectivity index (χ0v) is 22.2. The lowest BCUT2D eigenvalue weighted by Crippen LogP contribution is -2.26. The molecule has 0 atom stereocenters. The van der Waals surface area contributed by atoms with Crippen LogP contribution >= 0.6 is 11.6 Å². The number of hydrogen-bond acceptors (Lipinski definition) is 3. The van der Waals surface area contributed by atoms with Crippen LogP contribution < -0.4 is 10.3 Å². The van der Waals surface area contributed by atoms with E-state index in [1.54, 1.807) is 23.2 Å². The van der Waals surface area contributed by atoms with Gasteiger partial charge in [-0.05, 0) is 79.4 Å². The summed E-state index contributed by atoms with van der Waals surface area (Å²) in [6.07, 6.45) is 1.65. The predicted molar refractivity (Wildman–Crippen MR) is 156 cm³/mol. The fourth-order valence-corrected chi connectivity index (χ4v) is 5.34. The van der Waals surface area contributed by atoms with Gasteiger partial charge in [-0.15, -0.1) is 0 Å². The molecular formula is C32H25ClN4O2. The van der Waals surface area contributed by atoms with Gasteiger partial charge in [0.15, 0.2) is 0 Å². The summed E-state index contributed by atoms with van der Waals surface area (Å²) in [4.78, 5) is 27.6. The molecule has 1 N–H and O–H groups in total. The Morgan fingerprint density at radius 2 is 1.67 bits per heavy atom. The molecule has 4 aromatic carbocycles. The van der Waals surface area contributed by atoms with Crippen LogP contribution in [0.25, 0.3) is 16.5 Å². The van der Waals surface area contributed by atoms with Gasteiger partial charge < -0.3 is 9.47 Å². The average Bonchev–Trinajstić information content (AvgIpc) is 3.38. The number of carbonyl (C=O) groups is 2. The third-order valence-corrected chi connectivity index (χ3v) is 7.38. The van der Waals surface area contributed by atoms with Gasteiger partial charge in [0.2, 0.25) is 0 Å². The molecule has 0 bridgehead atoms. The molecule has 5 aromatic rings. The van der Waals surface area contributed by atoms with Crippen molar-refractivity contribution in [1.82, 2.24) is 9.99 Å². The van der Waals surface area contributed by atoms with Gasteiger partial charge in [-0.1, -0.05) is 48.0 Å². The van der Waals surface area contributed by atoms with Crippen molar-refractivity contribution >= 4 is 46.1 Å². The minimum atomic E-state index is -0.307. The number of hydrazone groups is 1. The number of amides is 2. The van der Waals surface area contributed by atoms with Crippen molar-refractivity contribution in [2.45, 2.75) is 20.4 Å². The van der Waals surface area contributed by atoms with Gasteiger partial charge in [-0.2, -0.15) is 5.10 Å². The molecule has 0 spiro atoms. The van der Waals surface area contributed by atoms with Crippen LogP contribution in [0.3, 0.4) is 0 Å². The van der Waals surface area contributed by atoms with E-state index < -0.39 is 0 Å². The Labute approximate surface area is 231 Å². The number of aryl methyl sites for hydroxylation is 1. The predicted octanol–water partition coefficient (Wildman–Crippen LogP) is 6.83. The van der Waals surface area contributed by atoms with E-state index in [-0.39, 0.29) is 11.8 Å². The van der Waals surface area contributed by atoms with Crippen molar-refractivity contribution in [3.8, 4) is 5.69 Å². The smallest absolute Gasteiger partial charge is 0.271 e. The van der Waals surface area contributed by atoms with Gasteiger partial charge in [0, 0.05) is 44.2 Å². The first kappa shape index (κ1) is 24.6. The van der Waals surface area contributed by atoms with E-state index in [1.165, 1.54) is 0 Å². The maximum Gasteiger partial charge on any atom is 0.271 e. The number of carbonyl (C=O) groups excluding carboxylic acids is 2. The van der Waals surface area contributed by atoms with E-state index >= 15 is 0 Å². The van der Waals surface area contributed by atoms with Crippen LogP contribution in [0.5, 0.6) is 0 Å². The molecule has 0 saturated heterocycles. The summed E-state index contributed by atoms with van der Waals surface area (Å²) in [6.45, 7) is 4.46. The first-order valence-corrected chi connectivity index (χ1v) is 13.0. The molecule has 0 fully saturated rings. The molecule has 2 amide bonds. The second-order valence-electron chi connectivity index (χ2n) is 9.61. The van der Waals surface area contributed by atoms with Crippen molar-refractivity contribution in [3.05, 3.63) is 130 Å². The Morgan fingerprint density at radius 3 is 2.41 bits per heavy atom. The molecule has 0 saturated carbocycles. The number of rotatable bonds is 6. The number of nitrogens with zero attached hydrogens (tertiary/aromatic N) is 3. The molecule has 39 heavy (non-hydrogen) atoms. The summed E-state index contributed by atoms with van der Waals surface area (Å²) in [5.74, 6) is -0.313. The minimum absolute atomic E-state index is 0.00613. The highest BCUT2D eigenvalue weighted by molar-refractivity contribution is 6.30. The maximum absolute atomic E-state index is 13.1. The lowest BCUT2D eigenvalue weighted by Gasteiger charge is -2.18. The summed E-state index contributed by atoms with van der Waals surface area (Å²) >= 11 is 6.03. The average molecular weight is 533 g/mol. The summed E-state index contributed by atoms with van der Waals surface area (Å²) in [7, 11) is 0. The second-order valence-corrected chi connectivity index (χ2v) is 10.0. The first-order chi connectivity index (χ1) is 18.9. The van der Waals surface area contributed by atoms with E-state index in [4.69, 9.17) is 11.6 Å². The zero-order chi connectivity index (χ0) is 27.1. The zero-order valence-electron chi connectivity index (χ0n) is 21.5. The van der Waals surface area contributed by atoms with Gasteiger partial charge in [0.25, 0.3) is 11.8 Å². The number of benzene rings is 4.